The number of rotatable bonds is 6. The van der Waals surface area contributed by atoms with Gasteiger partial charge in [0.2, 0.25) is 11.0 Å². The number of nitrogens with one attached hydrogen (secondary N) is 1. The molecule has 0 radical (unpaired) electrons. The van der Waals surface area contributed by atoms with Crippen LogP contribution < -0.4 is 5.32 Å². The molecule has 21 heavy (non-hydrogen) atoms. The Morgan fingerprint density at radius 1 is 1.24 bits per heavy atom. The number of anilines is 1. The van der Waals surface area contributed by atoms with E-state index in [1.54, 1.807) is 6.07 Å². The van der Waals surface area contributed by atoms with Gasteiger partial charge in [-0.2, -0.15) is 0 Å². The first kappa shape index (κ1) is 15.4. The van der Waals surface area contributed by atoms with Crippen LogP contribution in [0, 0.1) is 0 Å². The normalized spacial score (nSPS) is 10.3. The van der Waals surface area contributed by atoms with Crippen LogP contribution in [0.25, 0.3) is 10.6 Å². The Labute approximate surface area is 129 Å². The average Bonchev–Trinajstić information content (AvgIpc) is 2.87. The van der Waals surface area contributed by atoms with Gasteiger partial charge in [0.1, 0.15) is 0 Å². The van der Waals surface area contributed by atoms with Gasteiger partial charge in [-0.3, -0.25) is 9.59 Å². The van der Waals surface area contributed by atoms with Crippen molar-refractivity contribution in [2.45, 2.75) is 19.3 Å². The van der Waals surface area contributed by atoms with Crippen molar-refractivity contribution in [1.82, 2.24) is 10.2 Å². The Balaban J connectivity index is 1.96. The monoisotopic (exact) mass is 325 g/mol. The predicted molar refractivity (Wildman–Crippen MR) is 80.5 cm³/mol. The summed E-state index contributed by atoms with van der Waals surface area (Å²) in [6, 6.07) is 7.23. The third kappa shape index (κ3) is 4.51. The summed E-state index contributed by atoms with van der Waals surface area (Å²) in [4.78, 5) is 22.0. The number of carboxylic acids is 1. The van der Waals surface area contributed by atoms with E-state index in [1.807, 2.05) is 18.2 Å². The fourth-order valence-electron chi connectivity index (χ4n) is 1.60. The maximum atomic E-state index is 11.6. The molecule has 2 aromatic rings. The Hall–Kier alpha value is -1.99. The predicted octanol–water partition coefficient (Wildman–Crippen LogP) is 3.05. The molecule has 0 bridgehead atoms. The molecule has 0 fully saturated rings. The van der Waals surface area contributed by atoms with Crippen molar-refractivity contribution in [1.29, 1.82) is 0 Å². The third-order valence-electron chi connectivity index (χ3n) is 2.57. The van der Waals surface area contributed by atoms with E-state index < -0.39 is 5.97 Å². The largest absolute Gasteiger partial charge is 0.481 e. The zero-order valence-corrected chi connectivity index (χ0v) is 12.4. The number of hydrogen-bond acceptors (Lipinski definition) is 5. The van der Waals surface area contributed by atoms with Crippen LogP contribution >= 0.6 is 22.9 Å². The fourth-order valence-corrected chi connectivity index (χ4v) is 2.68. The first-order valence-electron chi connectivity index (χ1n) is 6.16. The molecule has 1 heterocycles. The number of carbonyl (C=O) groups is 2. The summed E-state index contributed by atoms with van der Waals surface area (Å²) in [5.74, 6) is -1.20. The van der Waals surface area contributed by atoms with E-state index in [0.29, 0.717) is 15.2 Å². The van der Waals surface area contributed by atoms with Gasteiger partial charge in [0.15, 0.2) is 5.01 Å². The number of halogens is 1. The Morgan fingerprint density at radius 3 is 2.71 bits per heavy atom. The summed E-state index contributed by atoms with van der Waals surface area (Å²) >= 11 is 7.28. The SMILES string of the molecule is O=C(O)CCCC(=O)Nc1nnc(-c2ccccc2Cl)s1. The highest BCUT2D eigenvalue weighted by atomic mass is 35.5. The lowest BCUT2D eigenvalue weighted by Gasteiger charge is -1.99. The molecule has 2 rings (SSSR count). The zero-order valence-electron chi connectivity index (χ0n) is 10.9. The summed E-state index contributed by atoms with van der Waals surface area (Å²) in [7, 11) is 0. The minimum atomic E-state index is -0.917. The molecule has 2 N–H and O–H groups in total. The van der Waals surface area contributed by atoms with E-state index in [-0.39, 0.29) is 25.2 Å². The molecule has 8 heteroatoms. The molecule has 0 aliphatic carbocycles. The van der Waals surface area contributed by atoms with Crippen LogP contribution in [0.5, 0.6) is 0 Å². The maximum Gasteiger partial charge on any atom is 0.303 e. The number of hydrogen-bond donors (Lipinski definition) is 2. The first-order chi connectivity index (χ1) is 10.1. The van der Waals surface area contributed by atoms with Crippen molar-refractivity contribution in [2.24, 2.45) is 0 Å². The molecule has 1 aromatic heterocycles. The van der Waals surface area contributed by atoms with Crippen LogP contribution in [0.1, 0.15) is 19.3 Å². The molecule has 6 nitrogen and oxygen atoms in total. The third-order valence-corrected chi connectivity index (χ3v) is 3.77. The number of aliphatic carboxylic acids is 1. The Morgan fingerprint density at radius 2 is 2.00 bits per heavy atom. The van der Waals surface area contributed by atoms with E-state index in [1.165, 1.54) is 11.3 Å². The smallest absolute Gasteiger partial charge is 0.303 e. The summed E-state index contributed by atoms with van der Waals surface area (Å²) in [5.41, 5.74) is 0.753. The lowest BCUT2D eigenvalue weighted by Crippen LogP contribution is -2.11. The van der Waals surface area contributed by atoms with Crippen molar-refractivity contribution in [3.05, 3.63) is 29.3 Å². The van der Waals surface area contributed by atoms with Crippen molar-refractivity contribution in [3.8, 4) is 10.6 Å². The zero-order chi connectivity index (χ0) is 15.2. The van der Waals surface area contributed by atoms with Gasteiger partial charge in [-0.1, -0.05) is 41.1 Å². The molecule has 0 saturated carbocycles. The molecule has 0 unspecified atom stereocenters. The molecule has 0 aliphatic rings. The molecule has 1 aromatic carbocycles. The second-order valence-electron chi connectivity index (χ2n) is 4.19. The van der Waals surface area contributed by atoms with Gasteiger partial charge < -0.3 is 10.4 Å². The maximum absolute atomic E-state index is 11.6. The second kappa shape index (κ2) is 7.14. The van der Waals surface area contributed by atoms with E-state index >= 15 is 0 Å². The average molecular weight is 326 g/mol. The molecule has 0 aliphatic heterocycles. The topological polar surface area (TPSA) is 92.2 Å². The van der Waals surface area contributed by atoms with Crippen LogP contribution in [0.4, 0.5) is 5.13 Å². The van der Waals surface area contributed by atoms with Crippen LogP contribution in [0.3, 0.4) is 0 Å². The van der Waals surface area contributed by atoms with Crippen molar-refractivity contribution >= 4 is 39.9 Å². The lowest BCUT2D eigenvalue weighted by atomic mass is 10.2. The number of benzene rings is 1. The first-order valence-corrected chi connectivity index (χ1v) is 7.36. The van der Waals surface area contributed by atoms with E-state index in [4.69, 9.17) is 16.7 Å². The number of carbonyl (C=O) groups excluding carboxylic acids is 1. The van der Waals surface area contributed by atoms with E-state index in [2.05, 4.69) is 15.5 Å². The van der Waals surface area contributed by atoms with Crippen LogP contribution in [0.2, 0.25) is 5.02 Å². The summed E-state index contributed by atoms with van der Waals surface area (Å²) in [6.07, 6.45) is 0.388. The molecule has 0 spiro atoms. The highest BCUT2D eigenvalue weighted by Crippen LogP contribution is 2.31. The molecule has 110 valence electrons. The lowest BCUT2D eigenvalue weighted by molar-refractivity contribution is -0.137. The van der Waals surface area contributed by atoms with Crippen LogP contribution in [-0.2, 0) is 9.59 Å². The van der Waals surface area contributed by atoms with E-state index in [0.717, 1.165) is 5.56 Å². The standard InChI is InChI=1S/C13H12ClN3O3S/c14-9-5-2-1-4-8(9)12-16-17-13(21-12)15-10(18)6-3-7-11(19)20/h1-2,4-5H,3,6-7H2,(H,19,20)(H,15,17,18). The van der Waals surface area contributed by atoms with E-state index in [9.17, 15) is 9.59 Å². The van der Waals surface area contributed by atoms with Crippen molar-refractivity contribution in [2.75, 3.05) is 5.32 Å². The molecular formula is C13H12ClN3O3S. The minimum absolute atomic E-state index is 0.0333. The van der Waals surface area contributed by atoms with Gasteiger partial charge in [-0.15, -0.1) is 10.2 Å². The molecule has 0 atom stereocenters. The van der Waals surface area contributed by atoms with Gasteiger partial charge >= 0.3 is 5.97 Å². The molecule has 0 saturated heterocycles. The molecule has 1 amide bonds. The highest BCUT2D eigenvalue weighted by molar-refractivity contribution is 7.18. The van der Waals surface area contributed by atoms with Gasteiger partial charge in [-0.05, 0) is 12.5 Å². The number of amides is 1. The minimum Gasteiger partial charge on any atom is -0.481 e. The number of carboxylic acid groups (broad SMARTS) is 1. The quantitative estimate of drug-likeness (QED) is 0.851. The molecular weight excluding hydrogens is 314 g/mol. The Kier molecular flexibility index (Phi) is 5.24. The van der Waals surface area contributed by atoms with Crippen LogP contribution in [-0.4, -0.2) is 27.2 Å². The van der Waals surface area contributed by atoms with Gasteiger partial charge in [0.05, 0.1) is 5.02 Å². The highest BCUT2D eigenvalue weighted by Gasteiger charge is 2.12. The number of aromatic nitrogens is 2. The number of nitrogens with zero attached hydrogens (tertiary/aromatic N) is 2. The fraction of sp³-hybridized carbons (Fsp3) is 0.231. The van der Waals surface area contributed by atoms with Gasteiger partial charge in [0.25, 0.3) is 0 Å². The second-order valence-corrected chi connectivity index (χ2v) is 5.57. The summed E-state index contributed by atoms with van der Waals surface area (Å²) in [5, 5.41) is 20.5. The van der Waals surface area contributed by atoms with Crippen molar-refractivity contribution in [3.63, 3.8) is 0 Å². The van der Waals surface area contributed by atoms with Crippen molar-refractivity contribution < 1.29 is 14.7 Å². The van der Waals surface area contributed by atoms with Gasteiger partial charge in [0, 0.05) is 18.4 Å². The summed E-state index contributed by atoms with van der Waals surface area (Å²) < 4.78 is 0. The summed E-state index contributed by atoms with van der Waals surface area (Å²) in [6.45, 7) is 0. The Bertz CT molecular complexity index is 660. The van der Waals surface area contributed by atoms with Gasteiger partial charge in [-0.25, -0.2) is 0 Å². The van der Waals surface area contributed by atoms with Crippen LogP contribution in [0.15, 0.2) is 24.3 Å².